The molecule has 68 valence electrons. The number of hydrogen-bond donors (Lipinski definition) is 2. The van der Waals surface area contributed by atoms with Crippen molar-refractivity contribution in [2.75, 3.05) is 0 Å². The predicted molar refractivity (Wildman–Crippen MR) is 44.9 cm³/mol. The van der Waals surface area contributed by atoms with Gasteiger partial charge in [-0.15, -0.1) is 0 Å². The summed E-state index contributed by atoms with van der Waals surface area (Å²) in [7, 11) is 0. The smallest absolute Gasteiger partial charge is 0.320 e. The van der Waals surface area contributed by atoms with Gasteiger partial charge < -0.3 is 10.4 Å². The molecule has 1 heterocycles. The van der Waals surface area contributed by atoms with Gasteiger partial charge in [0.2, 0.25) is 0 Å². The summed E-state index contributed by atoms with van der Waals surface area (Å²) >= 11 is 0. The summed E-state index contributed by atoms with van der Waals surface area (Å²) in [6, 6.07) is 0.234. The van der Waals surface area contributed by atoms with Crippen molar-refractivity contribution in [2.45, 2.75) is 44.2 Å². The summed E-state index contributed by atoms with van der Waals surface area (Å²) in [6.07, 6.45) is 5.80. The molecule has 0 radical (unpaired) electrons. The van der Waals surface area contributed by atoms with Gasteiger partial charge in [-0.1, -0.05) is 12.8 Å². The second-order valence-electron chi connectivity index (χ2n) is 3.94. The fourth-order valence-corrected chi connectivity index (χ4v) is 2.51. The molecular formula is C9H15NO2. The molecule has 1 saturated carbocycles. The van der Waals surface area contributed by atoms with Crippen LogP contribution in [0.25, 0.3) is 0 Å². The van der Waals surface area contributed by atoms with Gasteiger partial charge in [0.25, 0.3) is 0 Å². The Morgan fingerprint density at radius 1 is 1.33 bits per heavy atom. The highest BCUT2D eigenvalue weighted by atomic mass is 16.4. The van der Waals surface area contributed by atoms with Crippen LogP contribution in [-0.4, -0.2) is 23.2 Å². The number of carbonyl (C=O) groups is 1. The van der Waals surface area contributed by atoms with Crippen molar-refractivity contribution >= 4 is 5.97 Å². The fraction of sp³-hybridized carbons (Fsp3) is 0.889. The van der Waals surface area contributed by atoms with E-state index in [4.69, 9.17) is 5.11 Å². The Bertz CT molecular complexity index is 179. The van der Waals surface area contributed by atoms with Gasteiger partial charge >= 0.3 is 5.97 Å². The lowest BCUT2D eigenvalue weighted by Crippen LogP contribution is -2.36. The first-order chi connectivity index (χ1) is 5.77. The third kappa shape index (κ3) is 1.33. The summed E-state index contributed by atoms with van der Waals surface area (Å²) in [6.45, 7) is 0. The fourth-order valence-electron chi connectivity index (χ4n) is 2.51. The molecule has 0 aromatic carbocycles. The van der Waals surface area contributed by atoms with Gasteiger partial charge in [0.1, 0.15) is 6.04 Å². The molecule has 3 atom stereocenters. The standard InChI is InChI=1S/C9H15NO2/c11-9(12)8-5-6-3-1-2-4-7(6)10-8/h6-8,10H,1-5H2,(H,11,12)/t6-,7-,8?/m0/s1. The van der Waals surface area contributed by atoms with E-state index in [2.05, 4.69) is 5.32 Å². The van der Waals surface area contributed by atoms with Crippen LogP contribution >= 0.6 is 0 Å². The molecule has 0 bridgehead atoms. The van der Waals surface area contributed by atoms with Crippen LogP contribution in [0.5, 0.6) is 0 Å². The number of carboxylic acid groups (broad SMARTS) is 1. The van der Waals surface area contributed by atoms with Crippen molar-refractivity contribution in [3.8, 4) is 0 Å². The first kappa shape index (κ1) is 8.05. The van der Waals surface area contributed by atoms with Crippen molar-refractivity contribution in [3.63, 3.8) is 0 Å². The van der Waals surface area contributed by atoms with Crippen molar-refractivity contribution < 1.29 is 9.90 Å². The molecule has 0 aromatic heterocycles. The Morgan fingerprint density at radius 3 is 2.75 bits per heavy atom. The Morgan fingerprint density at radius 2 is 2.08 bits per heavy atom. The zero-order chi connectivity index (χ0) is 8.55. The number of rotatable bonds is 1. The van der Waals surface area contributed by atoms with E-state index in [9.17, 15) is 4.79 Å². The molecule has 1 saturated heterocycles. The molecule has 3 heteroatoms. The van der Waals surface area contributed by atoms with Crippen LogP contribution in [0.3, 0.4) is 0 Å². The van der Waals surface area contributed by atoms with Gasteiger partial charge in [0, 0.05) is 6.04 Å². The maximum absolute atomic E-state index is 10.7. The average molecular weight is 169 g/mol. The van der Waals surface area contributed by atoms with Crippen LogP contribution in [-0.2, 0) is 4.79 Å². The van der Waals surface area contributed by atoms with Crippen LogP contribution < -0.4 is 5.32 Å². The Hall–Kier alpha value is -0.570. The van der Waals surface area contributed by atoms with E-state index in [1.165, 1.54) is 25.7 Å². The Labute approximate surface area is 72.2 Å². The topological polar surface area (TPSA) is 49.3 Å². The van der Waals surface area contributed by atoms with E-state index in [0.29, 0.717) is 12.0 Å². The Kier molecular flexibility index (Phi) is 2.05. The Balaban J connectivity index is 1.98. The molecule has 12 heavy (non-hydrogen) atoms. The van der Waals surface area contributed by atoms with E-state index < -0.39 is 5.97 Å². The van der Waals surface area contributed by atoms with Crippen molar-refractivity contribution in [2.24, 2.45) is 5.92 Å². The predicted octanol–water partition coefficient (Wildman–Crippen LogP) is 0.992. The molecule has 2 rings (SSSR count). The maximum Gasteiger partial charge on any atom is 0.320 e. The zero-order valence-electron chi connectivity index (χ0n) is 7.12. The van der Waals surface area contributed by atoms with Gasteiger partial charge in [-0.25, -0.2) is 0 Å². The molecule has 0 aromatic rings. The van der Waals surface area contributed by atoms with E-state index in [-0.39, 0.29) is 6.04 Å². The largest absolute Gasteiger partial charge is 0.480 e. The molecule has 1 unspecified atom stereocenters. The van der Waals surface area contributed by atoms with Crippen LogP contribution in [0.1, 0.15) is 32.1 Å². The second-order valence-corrected chi connectivity index (χ2v) is 3.94. The third-order valence-electron chi connectivity index (χ3n) is 3.16. The third-order valence-corrected chi connectivity index (χ3v) is 3.16. The molecule has 0 amide bonds. The minimum atomic E-state index is -0.676. The van der Waals surface area contributed by atoms with Crippen molar-refractivity contribution in [1.82, 2.24) is 5.32 Å². The lowest BCUT2D eigenvalue weighted by atomic mass is 9.85. The van der Waals surface area contributed by atoms with Gasteiger partial charge in [-0.3, -0.25) is 4.79 Å². The molecular weight excluding hydrogens is 154 g/mol. The van der Waals surface area contributed by atoms with Crippen LogP contribution in [0.4, 0.5) is 0 Å². The van der Waals surface area contributed by atoms with E-state index in [1.54, 1.807) is 0 Å². The number of carboxylic acids is 1. The van der Waals surface area contributed by atoms with Crippen LogP contribution in [0.15, 0.2) is 0 Å². The van der Waals surface area contributed by atoms with E-state index in [1.807, 2.05) is 0 Å². The van der Waals surface area contributed by atoms with Crippen molar-refractivity contribution in [1.29, 1.82) is 0 Å². The second kappa shape index (κ2) is 3.05. The first-order valence-electron chi connectivity index (χ1n) is 4.76. The highest BCUT2D eigenvalue weighted by Crippen LogP contribution is 2.32. The SMILES string of the molecule is O=C(O)C1C[C@@H]2CCCC[C@@H]2N1. The molecule has 1 aliphatic carbocycles. The van der Waals surface area contributed by atoms with Gasteiger partial charge in [-0.2, -0.15) is 0 Å². The maximum atomic E-state index is 10.7. The monoisotopic (exact) mass is 169 g/mol. The quantitative estimate of drug-likeness (QED) is 0.615. The summed E-state index contributed by atoms with van der Waals surface area (Å²) in [5, 5.41) is 12.0. The van der Waals surface area contributed by atoms with E-state index >= 15 is 0 Å². The van der Waals surface area contributed by atoms with Gasteiger partial charge in [0.05, 0.1) is 0 Å². The lowest BCUT2D eigenvalue weighted by molar-refractivity contribution is -0.139. The number of aliphatic carboxylic acids is 1. The average Bonchev–Trinajstić information content (AvgIpc) is 2.46. The zero-order valence-corrected chi connectivity index (χ0v) is 7.12. The highest BCUT2D eigenvalue weighted by Gasteiger charge is 2.37. The van der Waals surface area contributed by atoms with Crippen molar-refractivity contribution in [3.05, 3.63) is 0 Å². The van der Waals surface area contributed by atoms with Gasteiger partial charge in [0.15, 0.2) is 0 Å². The molecule has 2 aliphatic rings. The number of hydrogen-bond acceptors (Lipinski definition) is 2. The number of nitrogens with one attached hydrogen (secondary N) is 1. The molecule has 0 spiro atoms. The lowest BCUT2D eigenvalue weighted by Gasteiger charge is -2.24. The highest BCUT2D eigenvalue weighted by molar-refractivity contribution is 5.74. The molecule has 3 nitrogen and oxygen atoms in total. The minimum absolute atomic E-state index is 0.266. The molecule has 2 fully saturated rings. The summed E-state index contributed by atoms with van der Waals surface area (Å²) in [5.41, 5.74) is 0. The summed E-state index contributed by atoms with van der Waals surface area (Å²) < 4.78 is 0. The molecule has 2 N–H and O–H groups in total. The van der Waals surface area contributed by atoms with Gasteiger partial charge in [-0.05, 0) is 25.2 Å². The van der Waals surface area contributed by atoms with Crippen LogP contribution in [0.2, 0.25) is 0 Å². The minimum Gasteiger partial charge on any atom is -0.480 e. The van der Waals surface area contributed by atoms with Crippen LogP contribution in [0, 0.1) is 5.92 Å². The first-order valence-corrected chi connectivity index (χ1v) is 4.76. The van der Waals surface area contributed by atoms with E-state index in [0.717, 1.165) is 6.42 Å². The molecule has 1 aliphatic heterocycles. The summed E-state index contributed by atoms with van der Waals surface area (Å²) in [5.74, 6) is -0.0377. The summed E-state index contributed by atoms with van der Waals surface area (Å²) in [4.78, 5) is 10.7. The number of fused-ring (bicyclic) bond motifs is 1. The normalized spacial score (nSPS) is 40.8.